The Balaban J connectivity index is 3.88. The Morgan fingerprint density at radius 2 is 0.887 bits per heavy atom. The maximum Gasteiger partial charge on any atom is 0.508 e. The SMILES string of the molecule is CCCCC/C=C\C/C=C\CCCCCCCCOC(=O)OCC(C)COC(=O)OCCCC(=O)OC(CCCCCCCC)CCCCCCCC. The molecule has 0 N–H and O–H groups in total. The summed E-state index contributed by atoms with van der Waals surface area (Å²) in [6.07, 6.45) is 38.6. The Kier molecular flexibility index (Phi) is 38.7. The van der Waals surface area contributed by atoms with Gasteiger partial charge in [-0.25, -0.2) is 9.59 Å². The zero-order valence-corrected chi connectivity index (χ0v) is 34.9. The number of hydrogen-bond acceptors (Lipinski definition) is 8. The molecule has 310 valence electrons. The van der Waals surface area contributed by atoms with Crippen LogP contribution >= 0.6 is 0 Å². The molecular formula is C45H82O8. The summed E-state index contributed by atoms with van der Waals surface area (Å²) in [5.41, 5.74) is 0. The van der Waals surface area contributed by atoms with Crippen molar-refractivity contribution in [2.45, 2.75) is 214 Å². The minimum Gasteiger partial charge on any atom is -0.462 e. The van der Waals surface area contributed by atoms with Gasteiger partial charge in [-0.3, -0.25) is 4.79 Å². The van der Waals surface area contributed by atoms with Gasteiger partial charge in [-0.15, -0.1) is 0 Å². The topological polar surface area (TPSA) is 97.4 Å². The summed E-state index contributed by atoms with van der Waals surface area (Å²) in [6.45, 7) is 9.06. The standard InChI is InChI=1S/C45H82O8/c1-5-8-11-14-17-18-19-20-21-22-23-24-25-26-29-32-37-49-44(47)51-39-41(4)40-52-45(48)50-38-33-36-43(46)53-42(34-30-27-15-12-9-6-2)35-31-28-16-13-10-7-3/h17-18,20-21,41-42H,5-16,19,22-40H2,1-4H3/b18-17-,21-20-. The van der Waals surface area contributed by atoms with E-state index in [4.69, 9.17) is 23.7 Å². The minimum absolute atomic E-state index is 0.0257. The van der Waals surface area contributed by atoms with Crippen molar-refractivity contribution in [3.8, 4) is 0 Å². The molecule has 0 aliphatic carbocycles. The molecule has 0 radical (unpaired) electrons. The summed E-state index contributed by atoms with van der Waals surface area (Å²) in [5.74, 6) is -0.435. The Labute approximate surface area is 325 Å². The summed E-state index contributed by atoms with van der Waals surface area (Å²) in [5, 5.41) is 0. The zero-order valence-electron chi connectivity index (χ0n) is 34.9. The van der Waals surface area contributed by atoms with Crippen molar-refractivity contribution in [2.24, 2.45) is 5.92 Å². The van der Waals surface area contributed by atoms with Gasteiger partial charge in [0.1, 0.15) is 19.3 Å². The number of rotatable bonds is 38. The van der Waals surface area contributed by atoms with Gasteiger partial charge in [0.2, 0.25) is 0 Å². The first-order valence-electron chi connectivity index (χ1n) is 22.0. The van der Waals surface area contributed by atoms with Gasteiger partial charge in [0, 0.05) is 12.3 Å². The highest BCUT2D eigenvalue weighted by Gasteiger charge is 2.16. The van der Waals surface area contributed by atoms with Crippen LogP contribution in [-0.2, 0) is 28.5 Å². The molecule has 8 nitrogen and oxygen atoms in total. The van der Waals surface area contributed by atoms with E-state index in [2.05, 4.69) is 45.1 Å². The molecule has 0 bridgehead atoms. The summed E-state index contributed by atoms with van der Waals surface area (Å²) in [7, 11) is 0. The predicted octanol–water partition coefficient (Wildman–Crippen LogP) is 13.9. The fourth-order valence-corrected chi connectivity index (χ4v) is 5.98. The Morgan fingerprint density at radius 3 is 1.42 bits per heavy atom. The molecule has 53 heavy (non-hydrogen) atoms. The molecule has 0 heterocycles. The highest BCUT2D eigenvalue weighted by molar-refractivity contribution is 5.69. The number of carbonyl (C=O) groups excluding carboxylic acids is 3. The Morgan fingerprint density at radius 1 is 0.472 bits per heavy atom. The highest BCUT2D eigenvalue weighted by atomic mass is 16.7. The number of allylic oxidation sites excluding steroid dienone is 4. The first kappa shape index (κ1) is 50.5. The van der Waals surface area contributed by atoms with Crippen molar-refractivity contribution in [2.75, 3.05) is 26.4 Å². The highest BCUT2D eigenvalue weighted by Crippen LogP contribution is 2.18. The average Bonchev–Trinajstić information content (AvgIpc) is 3.15. The van der Waals surface area contributed by atoms with E-state index in [9.17, 15) is 14.4 Å². The van der Waals surface area contributed by atoms with E-state index in [-0.39, 0.29) is 44.2 Å². The number of esters is 1. The molecule has 0 saturated heterocycles. The molecule has 0 aromatic rings. The molecule has 0 saturated carbocycles. The van der Waals surface area contributed by atoms with Crippen molar-refractivity contribution in [1.29, 1.82) is 0 Å². The van der Waals surface area contributed by atoms with Crippen LogP contribution in [0.1, 0.15) is 207 Å². The van der Waals surface area contributed by atoms with E-state index < -0.39 is 12.3 Å². The van der Waals surface area contributed by atoms with Crippen LogP contribution < -0.4 is 0 Å². The molecule has 8 heteroatoms. The van der Waals surface area contributed by atoms with Gasteiger partial charge in [0.15, 0.2) is 0 Å². The number of hydrogen-bond donors (Lipinski definition) is 0. The van der Waals surface area contributed by atoms with Gasteiger partial charge in [0.25, 0.3) is 0 Å². The van der Waals surface area contributed by atoms with Crippen LogP contribution in [0.25, 0.3) is 0 Å². The average molecular weight is 751 g/mol. The second-order valence-corrected chi connectivity index (χ2v) is 14.8. The van der Waals surface area contributed by atoms with E-state index in [1.165, 1.54) is 109 Å². The smallest absolute Gasteiger partial charge is 0.462 e. The van der Waals surface area contributed by atoms with E-state index in [1.807, 2.05) is 6.92 Å². The van der Waals surface area contributed by atoms with Crippen molar-refractivity contribution < 1.29 is 38.1 Å². The van der Waals surface area contributed by atoms with Crippen LogP contribution in [-0.4, -0.2) is 50.8 Å². The third-order valence-corrected chi connectivity index (χ3v) is 9.34. The number of unbranched alkanes of at least 4 members (excludes halogenated alkanes) is 19. The zero-order chi connectivity index (χ0) is 38.9. The van der Waals surface area contributed by atoms with Crippen LogP contribution in [0.15, 0.2) is 24.3 Å². The van der Waals surface area contributed by atoms with Crippen LogP contribution in [0.2, 0.25) is 0 Å². The third kappa shape index (κ3) is 39.0. The lowest BCUT2D eigenvalue weighted by molar-refractivity contribution is -0.150. The minimum atomic E-state index is -0.797. The molecule has 0 aliphatic rings. The normalized spacial score (nSPS) is 12.1. The predicted molar refractivity (Wildman–Crippen MR) is 218 cm³/mol. The molecule has 0 spiro atoms. The first-order valence-corrected chi connectivity index (χ1v) is 22.0. The van der Waals surface area contributed by atoms with Gasteiger partial charge >= 0.3 is 18.3 Å². The van der Waals surface area contributed by atoms with E-state index in [0.717, 1.165) is 57.8 Å². The maximum atomic E-state index is 12.6. The maximum absolute atomic E-state index is 12.6. The van der Waals surface area contributed by atoms with Gasteiger partial charge in [-0.1, -0.05) is 155 Å². The molecule has 0 amide bonds. The van der Waals surface area contributed by atoms with Gasteiger partial charge < -0.3 is 23.7 Å². The Bertz CT molecular complexity index is 870. The van der Waals surface area contributed by atoms with Gasteiger partial charge in [0.05, 0.1) is 13.2 Å². The van der Waals surface area contributed by atoms with Crippen molar-refractivity contribution in [3.05, 3.63) is 24.3 Å². The lowest BCUT2D eigenvalue weighted by Gasteiger charge is -2.18. The fourth-order valence-electron chi connectivity index (χ4n) is 5.98. The molecule has 0 aliphatic heterocycles. The fraction of sp³-hybridized carbons (Fsp3) is 0.844. The van der Waals surface area contributed by atoms with Gasteiger partial charge in [-0.05, 0) is 70.6 Å². The van der Waals surface area contributed by atoms with E-state index >= 15 is 0 Å². The molecule has 0 rings (SSSR count). The number of carbonyl (C=O) groups is 3. The molecule has 0 aromatic heterocycles. The van der Waals surface area contributed by atoms with Crippen molar-refractivity contribution in [3.63, 3.8) is 0 Å². The van der Waals surface area contributed by atoms with Crippen LogP contribution in [0.3, 0.4) is 0 Å². The lowest BCUT2D eigenvalue weighted by atomic mass is 10.0. The van der Waals surface area contributed by atoms with E-state index in [0.29, 0.717) is 13.0 Å². The van der Waals surface area contributed by atoms with Crippen LogP contribution in [0.5, 0.6) is 0 Å². The molecule has 0 aromatic carbocycles. The van der Waals surface area contributed by atoms with E-state index in [1.54, 1.807) is 0 Å². The lowest BCUT2D eigenvalue weighted by Crippen LogP contribution is -2.20. The quantitative estimate of drug-likeness (QED) is 0.0266. The summed E-state index contributed by atoms with van der Waals surface area (Å²) in [4.78, 5) is 36.5. The third-order valence-electron chi connectivity index (χ3n) is 9.34. The second kappa shape index (κ2) is 40.7. The van der Waals surface area contributed by atoms with Crippen molar-refractivity contribution in [1.82, 2.24) is 0 Å². The van der Waals surface area contributed by atoms with Crippen molar-refractivity contribution >= 4 is 18.3 Å². The van der Waals surface area contributed by atoms with Crippen LogP contribution in [0.4, 0.5) is 9.59 Å². The monoisotopic (exact) mass is 751 g/mol. The molecular weight excluding hydrogens is 668 g/mol. The molecule has 0 fully saturated rings. The largest absolute Gasteiger partial charge is 0.508 e. The number of ether oxygens (including phenoxy) is 5. The Hall–Kier alpha value is -2.51. The first-order chi connectivity index (χ1) is 25.9. The molecule has 1 atom stereocenters. The van der Waals surface area contributed by atoms with Crippen LogP contribution in [0, 0.1) is 5.92 Å². The summed E-state index contributed by atoms with van der Waals surface area (Å²) >= 11 is 0. The second-order valence-electron chi connectivity index (χ2n) is 14.8. The summed E-state index contributed by atoms with van der Waals surface area (Å²) < 4.78 is 26.5. The molecule has 1 unspecified atom stereocenters. The summed E-state index contributed by atoms with van der Waals surface area (Å²) in [6, 6.07) is 0. The van der Waals surface area contributed by atoms with Gasteiger partial charge in [-0.2, -0.15) is 0 Å².